The maximum atomic E-state index is 11.4. The Labute approximate surface area is 169 Å². The van der Waals surface area contributed by atoms with E-state index in [-0.39, 0.29) is 5.56 Å². The number of aromatic carboxylic acids is 1. The molecule has 0 aliphatic heterocycles. The Morgan fingerprint density at radius 3 is 2.21 bits per heavy atom. The molecule has 0 atom stereocenters. The van der Waals surface area contributed by atoms with Crippen LogP contribution in [0, 0.1) is 0 Å². The van der Waals surface area contributed by atoms with Crippen LogP contribution >= 0.6 is 0 Å². The van der Waals surface area contributed by atoms with Gasteiger partial charge in [-0.2, -0.15) is 0 Å². The van der Waals surface area contributed by atoms with Crippen molar-refractivity contribution in [3.05, 3.63) is 78.4 Å². The summed E-state index contributed by atoms with van der Waals surface area (Å²) in [6.45, 7) is 0. The van der Waals surface area contributed by atoms with Crippen LogP contribution in [0.4, 0.5) is 0 Å². The number of carbonyl (C=O) groups is 1. The molecule has 0 unspecified atom stereocenters. The van der Waals surface area contributed by atoms with Crippen molar-refractivity contribution >= 4 is 17.0 Å². The molecule has 0 spiro atoms. The zero-order valence-electron chi connectivity index (χ0n) is 16.1. The SMILES string of the molecule is O=C(O)c1ccc2c(c1)nc(-c1ccc(-c3ccccc3)cc1)n2C1CCCC1. The molecule has 1 aliphatic rings. The van der Waals surface area contributed by atoms with E-state index in [1.54, 1.807) is 12.1 Å². The van der Waals surface area contributed by atoms with E-state index in [1.165, 1.54) is 24.0 Å². The van der Waals surface area contributed by atoms with Crippen molar-refractivity contribution in [3.63, 3.8) is 0 Å². The number of fused-ring (bicyclic) bond motifs is 1. The average Bonchev–Trinajstić information content (AvgIpc) is 3.41. The van der Waals surface area contributed by atoms with Crippen molar-refractivity contribution in [3.8, 4) is 22.5 Å². The van der Waals surface area contributed by atoms with Gasteiger partial charge in [0.15, 0.2) is 0 Å². The fourth-order valence-electron chi connectivity index (χ4n) is 4.41. The normalized spacial score (nSPS) is 14.5. The Bertz CT molecular complexity index is 1170. The summed E-state index contributed by atoms with van der Waals surface area (Å²) in [7, 11) is 0. The Balaban J connectivity index is 1.63. The smallest absolute Gasteiger partial charge is 0.335 e. The van der Waals surface area contributed by atoms with Crippen LogP contribution in [-0.2, 0) is 0 Å². The summed E-state index contributed by atoms with van der Waals surface area (Å²) < 4.78 is 2.32. The number of hydrogen-bond donors (Lipinski definition) is 1. The molecule has 0 bridgehead atoms. The predicted molar refractivity (Wildman–Crippen MR) is 115 cm³/mol. The molecule has 1 aromatic heterocycles. The highest BCUT2D eigenvalue weighted by Crippen LogP contribution is 2.37. The molecule has 1 N–H and O–H groups in total. The van der Waals surface area contributed by atoms with E-state index in [4.69, 9.17) is 4.98 Å². The van der Waals surface area contributed by atoms with Gasteiger partial charge in [-0.1, -0.05) is 67.4 Å². The first-order chi connectivity index (χ1) is 14.2. The van der Waals surface area contributed by atoms with Gasteiger partial charge in [-0.3, -0.25) is 0 Å². The minimum absolute atomic E-state index is 0.277. The van der Waals surface area contributed by atoms with Crippen molar-refractivity contribution < 1.29 is 9.90 Å². The van der Waals surface area contributed by atoms with Gasteiger partial charge < -0.3 is 9.67 Å². The minimum atomic E-state index is -0.920. The molecule has 0 radical (unpaired) electrons. The number of nitrogens with zero attached hydrogens (tertiary/aromatic N) is 2. The number of carboxylic acid groups (broad SMARTS) is 1. The van der Waals surface area contributed by atoms with Crippen LogP contribution in [0.2, 0.25) is 0 Å². The molecule has 29 heavy (non-hydrogen) atoms. The molecule has 5 rings (SSSR count). The van der Waals surface area contributed by atoms with Gasteiger partial charge in [-0.25, -0.2) is 9.78 Å². The Kier molecular flexibility index (Phi) is 4.39. The number of benzene rings is 3. The fourth-order valence-corrected chi connectivity index (χ4v) is 4.41. The molecular formula is C25H22N2O2. The molecule has 4 aromatic rings. The predicted octanol–water partition coefficient (Wildman–Crippen LogP) is 6.18. The summed E-state index contributed by atoms with van der Waals surface area (Å²) in [5, 5.41) is 9.35. The Morgan fingerprint density at radius 1 is 0.862 bits per heavy atom. The van der Waals surface area contributed by atoms with Crippen molar-refractivity contribution in [1.29, 1.82) is 0 Å². The number of aromatic nitrogens is 2. The van der Waals surface area contributed by atoms with E-state index in [1.807, 2.05) is 24.3 Å². The van der Waals surface area contributed by atoms with Crippen LogP contribution in [0.5, 0.6) is 0 Å². The zero-order chi connectivity index (χ0) is 19.8. The number of hydrogen-bond acceptors (Lipinski definition) is 2. The lowest BCUT2D eigenvalue weighted by Crippen LogP contribution is -2.06. The van der Waals surface area contributed by atoms with E-state index in [0.29, 0.717) is 6.04 Å². The molecule has 3 aromatic carbocycles. The molecule has 1 aliphatic carbocycles. The lowest BCUT2D eigenvalue weighted by molar-refractivity contribution is 0.0697. The third-order valence-electron chi connectivity index (χ3n) is 5.88. The molecule has 0 saturated heterocycles. The quantitative estimate of drug-likeness (QED) is 0.458. The lowest BCUT2D eigenvalue weighted by atomic mass is 10.0. The first kappa shape index (κ1) is 17.7. The second-order valence-electron chi connectivity index (χ2n) is 7.70. The van der Waals surface area contributed by atoms with E-state index < -0.39 is 5.97 Å². The second-order valence-corrected chi connectivity index (χ2v) is 7.70. The topological polar surface area (TPSA) is 55.1 Å². The zero-order valence-corrected chi connectivity index (χ0v) is 16.1. The summed E-state index contributed by atoms with van der Waals surface area (Å²) in [5.74, 6) is 0.00475. The summed E-state index contributed by atoms with van der Waals surface area (Å²) in [4.78, 5) is 16.3. The highest BCUT2D eigenvalue weighted by molar-refractivity contribution is 5.93. The van der Waals surface area contributed by atoms with Gasteiger partial charge in [-0.05, 0) is 42.2 Å². The van der Waals surface area contributed by atoms with Crippen LogP contribution in [-0.4, -0.2) is 20.6 Å². The molecule has 144 valence electrons. The largest absolute Gasteiger partial charge is 0.478 e. The monoisotopic (exact) mass is 382 g/mol. The van der Waals surface area contributed by atoms with E-state index in [2.05, 4.69) is 41.0 Å². The molecular weight excluding hydrogens is 360 g/mol. The summed E-state index contributed by atoms with van der Waals surface area (Å²) >= 11 is 0. The number of rotatable bonds is 4. The van der Waals surface area contributed by atoms with Gasteiger partial charge in [-0.15, -0.1) is 0 Å². The van der Waals surface area contributed by atoms with Gasteiger partial charge in [0.25, 0.3) is 0 Å². The molecule has 4 heteroatoms. The van der Waals surface area contributed by atoms with Gasteiger partial charge in [0.05, 0.1) is 16.6 Å². The second kappa shape index (κ2) is 7.21. The maximum absolute atomic E-state index is 11.4. The van der Waals surface area contributed by atoms with Crippen LogP contribution in [0.1, 0.15) is 42.1 Å². The highest BCUT2D eigenvalue weighted by atomic mass is 16.4. The molecule has 4 nitrogen and oxygen atoms in total. The van der Waals surface area contributed by atoms with Crippen molar-refractivity contribution in [1.82, 2.24) is 9.55 Å². The maximum Gasteiger partial charge on any atom is 0.335 e. The van der Waals surface area contributed by atoms with Crippen LogP contribution in [0.15, 0.2) is 72.8 Å². The minimum Gasteiger partial charge on any atom is -0.478 e. The van der Waals surface area contributed by atoms with E-state index >= 15 is 0 Å². The van der Waals surface area contributed by atoms with Crippen LogP contribution in [0.25, 0.3) is 33.5 Å². The summed E-state index contributed by atoms with van der Waals surface area (Å²) in [5.41, 5.74) is 5.47. The lowest BCUT2D eigenvalue weighted by Gasteiger charge is -2.17. The third-order valence-corrected chi connectivity index (χ3v) is 5.88. The molecule has 1 heterocycles. The fraction of sp³-hybridized carbons (Fsp3) is 0.200. The number of carboxylic acids is 1. The standard InChI is InChI=1S/C25H22N2O2/c28-25(29)20-14-15-23-22(16-20)26-24(27(23)21-8-4-5-9-21)19-12-10-18(11-13-19)17-6-2-1-3-7-17/h1-3,6-7,10-16,21H,4-5,8-9H2,(H,28,29). The van der Waals surface area contributed by atoms with Crippen molar-refractivity contribution in [2.24, 2.45) is 0 Å². The highest BCUT2D eigenvalue weighted by Gasteiger charge is 2.24. The third kappa shape index (κ3) is 3.21. The van der Waals surface area contributed by atoms with E-state index in [0.717, 1.165) is 35.3 Å². The molecule has 1 saturated carbocycles. The molecule has 0 amide bonds. The van der Waals surface area contributed by atoms with Crippen LogP contribution in [0.3, 0.4) is 0 Å². The first-order valence-corrected chi connectivity index (χ1v) is 10.1. The summed E-state index contributed by atoms with van der Waals surface area (Å²) in [6, 6.07) is 24.5. The van der Waals surface area contributed by atoms with Crippen molar-refractivity contribution in [2.75, 3.05) is 0 Å². The van der Waals surface area contributed by atoms with E-state index in [9.17, 15) is 9.90 Å². The van der Waals surface area contributed by atoms with Crippen molar-refractivity contribution in [2.45, 2.75) is 31.7 Å². The number of imidazole rings is 1. The van der Waals surface area contributed by atoms with Gasteiger partial charge >= 0.3 is 5.97 Å². The summed E-state index contributed by atoms with van der Waals surface area (Å²) in [6.07, 6.45) is 4.73. The average molecular weight is 382 g/mol. The van der Waals surface area contributed by atoms with Gasteiger partial charge in [0.2, 0.25) is 0 Å². The Hall–Kier alpha value is -3.40. The van der Waals surface area contributed by atoms with Gasteiger partial charge in [0.1, 0.15) is 5.82 Å². The van der Waals surface area contributed by atoms with Gasteiger partial charge in [0, 0.05) is 11.6 Å². The molecule has 1 fully saturated rings. The first-order valence-electron chi connectivity index (χ1n) is 10.1. The Morgan fingerprint density at radius 2 is 1.52 bits per heavy atom. The van der Waals surface area contributed by atoms with Crippen LogP contribution < -0.4 is 0 Å².